The number of carbonyl (C=O) groups is 2. The molecule has 2 amide bonds. The molecule has 0 unspecified atom stereocenters. The Labute approximate surface area is 199 Å². The van der Waals surface area contributed by atoms with Gasteiger partial charge in [0.05, 0.1) is 5.75 Å². The predicted octanol–water partition coefficient (Wildman–Crippen LogP) is 6.67. The highest BCUT2D eigenvalue weighted by Gasteiger charge is 2.32. The number of hydrogen-bond donors (Lipinski definition) is 1. The Morgan fingerprint density at radius 2 is 1.58 bits per heavy atom. The van der Waals surface area contributed by atoms with Crippen molar-refractivity contribution in [2.75, 3.05) is 11.1 Å². The summed E-state index contributed by atoms with van der Waals surface area (Å²) in [4.78, 5) is 26.9. The lowest BCUT2D eigenvalue weighted by atomic mass is 10.1. The van der Waals surface area contributed by atoms with Crippen LogP contribution >= 0.6 is 46.6 Å². The molecule has 1 saturated heterocycles. The third kappa shape index (κ3) is 5.36. The van der Waals surface area contributed by atoms with Crippen LogP contribution in [-0.2, 0) is 11.3 Å². The zero-order valence-corrected chi connectivity index (χ0v) is 19.2. The maximum absolute atomic E-state index is 12.6. The number of anilines is 1. The van der Waals surface area contributed by atoms with Crippen molar-refractivity contribution in [1.29, 1.82) is 0 Å². The molecule has 4 nitrogen and oxygen atoms in total. The molecule has 158 valence electrons. The van der Waals surface area contributed by atoms with Gasteiger partial charge in [-0.25, -0.2) is 0 Å². The lowest BCUT2D eigenvalue weighted by Crippen LogP contribution is -2.27. The zero-order chi connectivity index (χ0) is 22.0. The van der Waals surface area contributed by atoms with Crippen LogP contribution in [0.25, 0.3) is 0 Å². The van der Waals surface area contributed by atoms with Gasteiger partial charge in [0, 0.05) is 32.9 Å². The number of nitrogens with zero attached hydrogens (tertiary/aromatic N) is 1. The fourth-order valence-corrected chi connectivity index (χ4v) is 5.16. The normalized spacial score (nSPS) is 15.9. The van der Waals surface area contributed by atoms with Gasteiger partial charge in [0.25, 0.3) is 5.91 Å². The smallest absolute Gasteiger partial charge is 0.255 e. The van der Waals surface area contributed by atoms with Crippen molar-refractivity contribution in [3.05, 3.63) is 98.5 Å². The fourth-order valence-electron chi connectivity index (χ4n) is 3.32. The van der Waals surface area contributed by atoms with Crippen molar-refractivity contribution in [1.82, 2.24) is 4.90 Å². The number of nitrogens with one attached hydrogen (secondary N) is 1. The highest BCUT2D eigenvalue weighted by Crippen LogP contribution is 2.39. The number of amides is 2. The summed E-state index contributed by atoms with van der Waals surface area (Å²) in [6, 6.07) is 19.6. The van der Waals surface area contributed by atoms with Crippen molar-refractivity contribution < 1.29 is 9.59 Å². The number of hydrogen-bond acceptors (Lipinski definition) is 3. The van der Waals surface area contributed by atoms with Crippen LogP contribution in [-0.4, -0.2) is 22.5 Å². The highest BCUT2D eigenvalue weighted by molar-refractivity contribution is 8.00. The minimum Gasteiger partial charge on any atom is -0.322 e. The molecule has 0 radical (unpaired) electrons. The second-order valence-electron chi connectivity index (χ2n) is 7.05. The monoisotopic (exact) mass is 490 g/mol. The lowest BCUT2D eigenvalue weighted by molar-refractivity contribution is -0.128. The SMILES string of the molecule is O=C(Nc1cc(Cl)cc(Cl)c1)c1ccc([C@H]2SCC(=O)N2Cc2ccc(Cl)cc2)cc1. The van der Waals surface area contributed by atoms with Gasteiger partial charge < -0.3 is 10.2 Å². The molecule has 1 heterocycles. The number of benzene rings is 3. The van der Waals surface area contributed by atoms with E-state index in [1.807, 2.05) is 41.3 Å². The first-order chi connectivity index (χ1) is 14.9. The largest absolute Gasteiger partial charge is 0.322 e. The van der Waals surface area contributed by atoms with E-state index in [0.717, 1.165) is 11.1 Å². The maximum atomic E-state index is 12.6. The highest BCUT2D eigenvalue weighted by atomic mass is 35.5. The van der Waals surface area contributed by atoms with Crippen molar-refractivity contribution >= 4 is 64.1 Å². The van der Waals surface area contributed by atoms with E-state index in [-0.39, 0.29) is 17.2 Å². The Kier molecular flexibility index (Phi) is 6.77. The molecule has 3 aromatic rings. The Morgan fingerprint density at radius 1 is 0.935 bits per heavy atom. The molecule has 31 heavy (non-hydrogen) atoms. The second kappa shape index (κ2) is 9.53. The topological polar surface area (TPSA) is 49.4 Å². The van der Waals surface area contributed by atoms with Crippen LogP contribution < -0.4 is 5.32 Å². The second-order valence-corrected chi connectivity index (χ2v) is 9.42. The summed E-state index contributed by atoms with van der Waals surface area (Å²) in [5.74, 6) is 0.249. The number of rotatable bonds is 5. The van der Waals surface area contributed by atoms with E-state index in [1.165, 1.54) is 0 Å². The molecule has 0 spiro atoms. The molecule has 1 fully saturated rings. The summed E-state index contributed by atoms with van der Waals surface area (Å²) in [5.41, 5.74) is 3.00. The Balaban J connectivity index is 1.47. The van der Waals surface area contributed by atoms with Crippen LogP contribution in [0.5, 0.6) is 0 Å². The minimum absolute atomic E-state index is 0.0876. The summed E-state index contributed by atoms with van der Waals surface area (Å²) in [6.07, 6.45) is 0. The zero-order valence-electron chi connectivity index (χ0n) is 16.1. The van der Waals surface area contributed by atoms with Gasteiger partial charge in [-0.2, -0.15) is 0 Å². The van der Waals surface area contributed by atoms with E-state index in [2.05, 4.69) is 5.32 Å². The van der Waals surface area contributed by atoms with Crippen LogP contribution in [0.4, 0.5) is 5.69 Å². The van der Waals surface area contributed by atoms with Gasteiger partial charge in [0.2, 0.25) is 5.91 Å². The molecule has 3 aromatic carbocycles. The van der Waals surface area contributed by atoms with Crippen molar-refractivity contribution in [2.24, 2.45) is 0 Å². The van der Waals surface area contributed by atoms with Gasteiger partial charge in [-0.3, -0.25) is 9.59 Å². The Hall–Kier alpha value is -2.18. The fraction of sp³-hybridized carbons (Fsp3) is 0.130. The first kappa shape index (κ1) is 22.0. The van der Waals surface area contributed by atoms with Gasteiger partial charge >= 0.3 is 0 Å². The molecule has 4 rings (SSSR count). The van der Waals surface area contributed by atoms with Crippen molar-refractivity contribution in [2.45, 2.75) is 11.9 Å². The van der Waals surface area contributed by atoms with E-state index in [0.29, 0.717) is 38.6 Å². The Bertz CT molecular complexity index is 1100. The summed E-state index contributed by atoms with van der Waals surface area (Å²) in [6.45, 7) is 0.505. The molecule has 0 bridgehead atoms. The van der Waals surface area contributed by atoms with Crippen molar-refractivity contribution in [3.63, 3.8) is 0 Å². The molecule has 1 aliphatic heterocycles. The molecule has 1 aliphatic rings. The molecular weight excluding hydrogens is 475 g/mol. The van der Waals surface area contributed by atoms with Gasteiger partial charge in [-0.05, 0) is 53.6 Å². The quantitative estimate of drug-likeness (QED) is 0.433. The van der Waals surface area contributed by atoms with Gasteiger partial charge in [-0.1, -0.05) is 59.1 Å². The minimum atomic E-state index is -0.266. The van der Waals surface area contributed by atoms with Gasteiger partial charge in [0.15, 0.2) is 0 Å². The number of thioether (sulfide) groups is 1. The van der Waals surface area contributed by atoms with Gasteiger partial charge in [-0.15, -0.1) is 11.8 Å². The summed E-state index contributed by atoms with van der Waals surface area (Å²) in [5, 5.41) is 4.24. The molecule has 1 atom stereocenters. The lowest BCUT2D eigenvalue weighted by Gasteiger charge is -2.24. The van der Waals surface area contributed by atoms with E-state index in [1.54, 1.807) is 42.1 Å². The number of carbonyl (C=O) groups excluding carboxylic acids is 2. The average Bonchev–Trinajstić information content (AvgIpc) is 3.09. The summed E-state index contributed by atoms with van der Waals surface area (Å²) >= 11 is 19.5. The predicted molar refractivity (Wildman–Crippen MR) is 128 cm³/mol. The maximum Gasteiger partial charge on any atom is 0.255 e. The van der Waals surface area contributed by atoms with E-state index >= 15 is 0 Å². The first-order valence-electron chi connectivity index (χ1n) is 9.42. The van der Waals surface area contributed by atoms with Crippen LogP contribution in [0.2, 0.25) is 15.1 Å². The molecule has 0 saturated carbocycles. The van der Waals surface area contributed by atoms with Crippen LogP contribution in [0.15, 0.2) is 66.7 Å². The molecule has 1 N–H and O–H groups in total. The molecule has 0 aromatic heterocycles. The molecule has 0 aliphatic carbocycles. The Morgan fingerprint density at radius 3 is 2.23 bits per heavy atom. The van der Waals surface area contributed by atoms with E-state index < -0.39 is 0 Å². The summed E-state index contributed by atoms with van der Waals surface area (Å²) in [7, 11) is 0. The first-order valence-corrected chi connectivity index (χ1v) is 11.6. The third-order valence-corrected chi connectivity index (χ3v) is 6.76. The van der Waals surface area contributed by atoms with E-state index in [9.17, 15) is 9.59 Å². The van der Waals surface area contributed by atoms with Crippen LogP contribution in [0.1, 0.15) is 26.9 Å². The van der Waals surface area contributed by atoms with Crippen LogP contribution in [0.3, 0.4) is 0 Å². The average molecular weight is 492 g/mol. The van der Waals surface area contributed by atoms with E-state index in [4.69, 9.17) is 34.8 Å². The van der Waals surface area contributed by atoms with Gasteiger partial charge in [0.1, 0.15) is 5.37 Å². The van der Waals surface area contributed by atoms with Crippen LogP contribution in [0, 0.1) is 0 Å². The third-order valence-electron chi connectivity index (χ3n) is 4.81. The molecular formula is C23H17Cl3N2O2S. The number of halogens is 3. The molecule has 8 heteroatoms. The summed E-state index contributed by atoms with van der Waals surface area (Å²) < 4.78 is 0. The standard InChI is InChI=1S/C23H17Cl3N2O2S/c24-17-7-1-14(2-8-17)12-28-21(29)13-31-23(28)16-5-3-15(4-6-16)22(30)27-20-10-18(25)9-19(26)11-20/h1-11,23H,12-13H2,(H,27,30)/t23-/m1/s1. The van der Waals surface area contributed by atoms with Crippen molar-refractivity contribution in [3.8, 4) is 0 Å².